The Morgan fingerprint density at radius 2 is 2.00 bits per heavy atom. The van der Waals surface area contributed by atoms with Crippen LogP contribution in [0, 0.1) is 0 Å². The molecule has 13 heavy (non-hydrogen) atoms. The molecule has 0 atom stereocenters. The molecule has 0 saturated carbocycles. The fraction of sp³-hybridized carbons (Fsp3) is 0.300. The van der Waals surface area contributed by atoms with E-state index in [0.29, 0.717) is 5.75 Å². The van der Waals surface area contributed by atoms with Gasteiger partial charge in [0.15, 0.2) is 0 Å². The van der Waals surface area contributed by atoms with Gasteiger partial charge in [-0.05, 0) is 31.2 Å². The molecule has 0 aliphatic carbocycles. The van der Waals surface area contributed by atoms with Gasteiger partial charge in [-0.3, -0.25) is 4.79 Å². The summed E-state index contributed by atoms with van der Waals surface area (Å²) in [6, 6.07) is 7.28. The van der Waals surface area contributed by atoms with Gasteiger partial charge in [-0.25, -0.2) is 0 Å². The number of nitrogens with one attached hydrogen (secondary N) is 1. The summed E-state index contributed by atoms with van der Waals surface area (Å²) < 4.78 is 4.88. The Hall–Kier alpha value is -1.51. The van der Waals surface area contributed by atoms with Gasteiger partial charge in [0.2, 0.25) is 0 Å². The Bertz CT molecular complexity index is 279. The minimum absolute atomic E-state index is 0.295. The summed E-state index contributed by atoms with van der Waals surface area (Å²) in [7, 11) is 0. The van der Waals surface area contributed by atoms with Crippen LogP contribution >= 0.6 is 0 Å². The molecular weight excluding hydrogens is 166 g/mol. The first-order valence-electron chi connectivity index (χ1n) is 4.24. The Morgan fingerprint density at radius 1 is 1.38 bits per heavy atom. The van der Waals surface area contributed by atoms with E-state index in [2.05, 4.69) is 5.32 Å². The van der Waals surface area contributed by atoms with Gasteiger partial charge < -0.3 is 10.1 Å². The maximum absolute atomic E-state index is 10.6. The highest BCUT2D eigenvalue weighted by molar-refractivity contribution is 5.69. The van der Waals surface area contributed by atoms with Crippen LogP contribution in [0.3, 0.4) is 0 Å². The Kier molecular flexibility index (Phi) is 3.31. The summed E-state index contributed by atoms with van der Waals surface area (Å²) >= 11 is 0. The lowest BCUT2D eigenvalue weighted by Crippen LogP contribution is -2.01. The number of rotatable bonds is 3. The van der Waals surface area contributed by atoms with E-state index in [9.17, 15) is 4.79 Å². The number of hydrogen-bond donors (Lipinski definition) is 1. The number of benzene rings is 1. The van der Waals surface area contributed by atoms with Crippen molar-refractivity contribution in [2.24, 2.45) is 0 Å². The highest BCUT2D eigenvalue weighted by Crippen LogP contribution is 2.15. The molecule has 1 aromatic rings. The summed E-state index contributed by atoms with van der Waals surface area (Å²) in [4.78, 5) is 10.6. The van der Waals surface area contributed by atoms with Gasteiger partial charge in [0.25, 0.3) is 0 Å². The highest BCUT2D eigenvalue weighted by atomic mass is 16.5. The lowest BCUT2D eigenvalue weighted by Gasteiger charge is -2.04. The van der Waals surface area contributed by atoms with Crippen LogP contribution in [0.5, 0.6) is 5.75 Å². The summed E-state index contributed by atoms with van der Waals surface area (Å²) in [5.41, 5.74) is 1.03. The molecule has 3 nitrogen and oxygen atoms in total. The van der Waals surface area contributed by atoms with Crippen molar-refractivity contribution in [3.63, 3.8) is 0 Å². The van der Waals surface area contributed by atoms with Crippen LogP contribution in [0.2, 0.25) is 0 Å². The number of hydrogen-bond acceptors (Lipinski definition) is 3. The largest absolute Gasteiger partial charge is 0.427 e. The molecule has 0 aliphatic rings. The van der Waals surface area contributed by atoms with Crippen molar-refractivity contribution in [2.45, 2.75) is 13.8 Å². The van der Waals surface area contributed by atoms with Crippen LogP contribution in [0.1, 0.15) is 13.8 Å². The van der Waals surface area contributed by atoms with Crippen molar-refractivity contribution >= 4 is 11.7 Å². The first-order chi connectivity index (χ1) is 6.22. The molecule has 0 aromatic heterocycles. The molecule has 70 valence electrons. The number of esters is 1. The average Bonchev–Trinajstić information content (AvgIpc) is 2.08. The predicted octanol–water partition coefficient (Wildman–Crippen LogP) is 2.04. The Morgan fingerprint density at radius 3 is 2.46 bits per heavy atom. The minimum atomic E-state index is -0.295. The van der Waals surface area contributed by atoms with Crippen LogP contribution in [0.15, 0.2) is 24.3 Å². The molecule has 0 saturated heterocycles. The molecule has 1 aromatic carbocycles. The van der Waals surface area contributed by atoms with Gasteiger partial charge in [0, 0.05) is 19.2 Å². The number of carbonyl (C=O) groups is 1. The van der Waals surface area contributed by atoms with E-state index in [1.807, 2.05) is 19.1 Å². The fourth-order valence-corrected chi connectivity index (χ4v) is 1.01. The average molecular weight is 179 g/mol. The third kappa shape index (κ3) is 3.15. The van der Waals surface area contributed by atoms with Crippen LogP contribution in [0.4, 0.5) is 5.69 Å². The zero-order chi connectivity index (χ0) is 9.68. The number of ether oxygens (including phenoxy) is 1. The third-order valence-corrected chi connectivity index (χ3v) is 1.50. The van der Waals surface area contributed by atoms with Gasteiger partial charge >= 0.3 is 5.97 Å². The summed E-state index contributed by atoms with van der Waals surface area (Å²) in [6.45, 7) is 4.30. The predicted molar refractivity (Wildman–Crippen MR) is 51.9 cm³/mol. The molecular formula is C10H13NO2. The molecule has 0 amide bonds. The van der Waals surface area contributed by atoms with Gasteiger partial charge in [0.05, 0.1) is 0 Å². The first-order valence-corrected chi connectivity index (χ1v) is 4.24. The van der Waals surface area contributed by atoms with E-state index >= 15 is 0 Å². The van der Waals surface area contributed by atoms with Gasteiger partial charge in [-0.2, -0.15) is 0 Å². The second kappa shape index (κ2) is 4.50. The Balaban J connectivity index is 2.64. The molecule has 0 bridgehead atoms. The molecule has 1 rings (SSSR count). The monoisotopic (exact) mass is 179 g/mol. The van der Waals surface area contributed by atoms with Gasteiger partial charge in [-0.1, -0.05) is 0 Å². The second-order valence-corrected chi connectivity index (χ2v) is 2.65. The molecule has 0 spiro atoms. The lowest BCUT2D eigenvalue weighted by atomic mass is 10.3. The van der Waals surface area contributed by atoms with E-state index in [-0.39, 0.29) is 5.97 Å². The SMILES string of the molecule is CCNc1ccc(OC(C)=O)cc1. The van der Waals surface area contributed by atoms with Crippen LogP contribution in [-0.4, -0.2) is 12.5 Å². The highest BCUT2D eigenvalue weighted by Gasteiger charge is 1.96. The van der Waals surface area contributed by atoms with Crippen molar-refractivity contribution in [1.29, 1.82) is 0 Å². The molecule has 0 heterocycles. The molecule has 0 radical (unpaired) electrons. The molecule has 3 heteroatoms. The van der Waals surface area contributed by atoms with Crippen LogP contribution in [-0.2, 0) is 4.79 Å². The van der Waals surface area contributed by atoms with Crippen molar-refractivity contribution in [3.05, 3.63) is 24.3 Å². The van der Waals surface area contributed by atoms with Crippen molar-refractivity contribution in [1.82, 2.24) is 0 Å². The van der Waals surface area contributed by atoms with Crippen molar-refractivity contribution in [2.75, 3.05) is 11.9 Å². The summed E-state index contributed by atoms with van der Waals surface area (Å²) in [6.07, 6.45) is 0. The Labute approximate surface area is 77.7 Å². The topological polar surface area (TPSA) is 38.3 Å². The zero-order valence-corrected chi connectivity index (χ0v) is 7.83. The maximum atomic E-state index is 10.6. The molecule has 0 aliphatic heterocycles. The fourth-order valence-electron chi connectivity index (χ4n) is 1.01. The third-order valence-electron chi connectivity index (χ3n) is 1.50. The van der Waals surface area contributed by atoms with E-state index in [1.54, 1.807) is 12.1 Å². The number of anilines is 1. The first kappa shape index (κ1) is 9.58. The zero-order valence-electron chi connectivity index (χ0n) is 7.83. The molecule has 1 N–H and O–H groups in total. The number of carbonyl (C=O) groups excluding carboxylic acids is 1. The van der Waals surface area contributed by atoms with Gasteiger partial charge in [-0.15, -0.1) is 0 Å². The maximum Gasteiger partial charge on any atom is 0.308 e. The summed E-state index contributed by atoms with van der Waals surface area (Å²) in [5.74, 6) is 0.283. The molecule has 0 fully saturated rings. The van der Waals surface area contributed by atoms with Crippen LogP contribution < -0.4 is 10.1 Å². The standard InChI is InChI=1S/C10H13NO2/c1-3-11-9-4-6-10(7-5-9)13-8(2)12/h4-7,11H,3H2,1-2H3. The van der Waals surface area contributed by atoms with Crippen molar-refractivity contribution < 1.29 is 9.53 Å². The van der Waals surface area contributed by atoms with E-state index in [4.69, 9.17) is 4.74 Å². The van der Waals surface area contributed by atoms with Gasteiger partial charge in [0.1, 0.15) is 5.75 Å². The smallest absolute Gasteiger partial charge is 0.308 e. The van der Waals surface area contributed by atoms with E-state index in [1.165, 1.54) is 6.92 Å². The lowest BCUT2D eigenvalue weighted by molar-refractivity contribution is -0.131. The normalized spacial score (nSPS) is 9.38. The molecule has 0 unspecified atom stereocenters. The summed E-state index contributed by atoms with van der Waals surface area (Å²) in [5, 5.41) is 3.15. The van der Waals surface area contributed by atoms with E-state index < -0.39 is 0 Å². The second-order valence-electron chi connectivity index (χ2n) is 2.65. The van der Waals surface area contributed by atoms with Crippen LogP contribution in [0.25, 0.3) is 0 Å². The minimum Gasteiger partial charge on any atom is -0.427 e. The quantitative estimate of drug-likeness (QED) is 0.570. The van der Waals surface area contributed by atoms with Crippen molar-refractivity contribution in [3.8, 4) is 5.75 Å². The van der Waals surface area contributed by atoms with E-state index in [0.717, 1.165) is 12.2 Å².